The van der Waals surface area contributed by atoms with Gasteiger partial charge in [-0.2, -0.15) is 0 Å². The highest BCUT2D eigenvalue weighted by Crippen LogP contribution is 2.37. The van der Waals surface area contributed by atoms with Crippen LogP contribution >= 0.6 is 0 Å². The van der Waals surface area contributed by atoms with Crippen molar-refractivity contribution in [2.75, 3.05) is 13.1 Å². The van der Waals surface area contributed by atoms with Crippen LogP contribution in [0.4, 0.5) is 0 Å². The van der Waals surface area contributed by atoms with Crippen LogP contribution < -0.4 is 10.6 Å². The smallest absolute Gasteiger partial charge is 0.0110 e. The van der Waals surface area contributed by atoms with E-state index in [1.165, 1.54) is 64.5 Å². The normalized spacial score (nSPS) is 38.8. The standard InChI is InChI=1S/C16H30N2/c1-12(13-8-9-13)11-18-16-7-4-5-14(16)15-6-2-3-10-17-15/h12-18H,2-11H2,1H3. The zero-order chi connectivity index (χ0) is 12.4. The van der Waals surface area contributed by atoms with Gasteiger partial charge in [0.2, 0.25) is 0 Å². The van der Waals surface area contributed by atoms with Crippen LogP contribution in [-0.2, 0) is 0 Å². The van der Waals surface area contributed by atoms with Crippen LogP contribution in [0.3, 0.4) is 0 Å². The van der Waals surface area contributed by atoms with Gasteiger partial charge in [0.25, 0.3) is 0 Å². The van der Waals surface area contributed by atoms with Gasteiger partial charge in [-0.1, -0.05) is 19.8 Å². The molecule has 18 heavy (non-hydrogen) atoms. The summed E-state index contributed by atoms with van der Waals surface area (Å²) in [6.45, 7) is 4.96. The molecule has 0 aromatic carbocycles. The van der Waals surface area contributed by atoms with Gasteiger partial charge in [-0.25, -0.2) is 0 Å². The third-order valence-corrected chi connectivity index (χ3v) is 5.56. The lowest BCUT2D eigenvalue weighted by Crippen LogP contribution is -2.47. The molecule has 0 radical (unpaired) electrons. The fraction of sp³-hybridized carbons (Fsp3) is 1.00. The molecule has 3 rings (SSSR count). The number of hydrogen-bond acceptors (Lipinski definition) is 2. The average Bonchev–Trinajstić information content (AvgIpc) is 3.16. The Labute approximate surface area is 112 Å². The third-order valence-electron chi connectivity index (χ3n) is 5.56. The van der Waals surface area contributed by atoms with E-state index in [1.54, 1.807) is 0 Å². The van der Waals surface area contributed by atoms with E-state index < -0.39 is 0 Å². The van der Waals surface area contributed by atoms with Gasteiger partial charge in [0.1, 0.15) is 0 Å². The Balaban J connectivity index is 1.47. The molecule has 0 aromatic heterocycles. The van der Waals surface area contributed by atoms with Crippen molar-refractivity contribution in [3.8, 4) is 0 Å². The summed E-state index contributed by atoms with van der Waals surface area (Å²) in [7, 11) is 0. The molecule has 104 valence electrons. The van der Waals surface area contributed by atoms with Gasteiger partial charge >= 0.3 is 0 Å². The van der Waals surface area contributed by atoms with Crippen molar-refractivity contribution in [3.63, 3.8) is 0 Å². The van der Waals surface area contributed by atoms with Crippen molar-refractivity contribution in [2.45, 2.75) is 70.4 Å². The summed E-state index contributed by atoms with van der Waals surface area (Å²) in [6, 6.07) is 1.62. The van der Waals surface area contributed by atoms with Crippen molar-refractivity contribution in [1.29, 1.82) is 0 Å². The second-order valence-electron chi connectivity index (χ2n) is 6.98. The zero-order valence-corrected chi connectivity index (χ0v) is 12.0. The molecule has 1 aliphatic heterocycles. The molecule has 4 unspecified atom stereocenters. The number of hydrogen-bond donors (Lipinski definition) is 2. The van der Waals surface area contributed by atoms with Crippen LogP contribution in [0.25, 0.3) is 0 Å². The maximum atomic E-state index is 3.91. The maximum absolute atomic E-state index is 3.91. The second-order valence-corrected chi connectivity index (χ2v) is 6.98. The maximum Gasteiger partial charge on any atom is 0.0110 e. The number of piperidine rings is 1. The van der Waals surface area contributed by atoms with Crippen LogP contribution in [0.1, 0.15) is 58.3 Å². The molecular formula is C16H30N2. The van der Waals surface area contributed by atoms with Crippen LogP contribution in [0.2, 0.25) is 0 Å². The van der Waals surface area contributed by atoms with E-state index >= 15 is 0 Å². The largest absolute Gasteiger partial charge is 0.314 e. The lowest BCUT2D eigenvalue weighted by Gasteiger charge is -2.33. The summed E-state index contributed by atoms with van der Waals surface area (Å²) in [5.41, 5.74) is 0. The molecule has 2 nitrogen and oxygen atoms in total. The van der Waals surface area contributed by atoms with Gasteiger partial charge in [-0.05, 0) is 69.4 Å². The quantitative estimate of drug-likeness (QED) is 0.784. The molecule has 1 saturated heterocycles. The molecule has 0 bridgehead atoms. The zero-order valence-electron chi connectivity index (χ0n) is 12.0. The summed E-state index contributed by atoms with van der Waals surface area (Å²) in [4.78, 5) is 0. The Kier molecular flexibility index (Phi) is 4.25. The van der Waals surface area contributed by atoms with E-state index in [-0.39, 0.29) is 0 Å². The summed E-state index contributed by atoms with van der Waals surface area (Å²) in [5, 5.41) is 7.68. The predicted octanol–water partition coefficient (Wildman–Crippen LogP) is 2.93. The highest BCUT2D eigenvalue weighted by atomic mass is 15.0. The minimum Gasteiger partial charge on any atom is -0.314 e. The Morgan fingerprint density at radius 2 is 1.94 bits per heavy atom. The first-order chi connectivity index (χ1) is 8.84. The molecule has 0 amide bonds. The highest BCUT2D eigenvalue weighted by molar-refractivity contribution is 4.93. The molecule has 2 aliphatic carbocycles. The fourth-order valence-electron chi connectivity index (χ4n) is 4.14. The fourth-order valence-corrected chi connectivity index (χ4v) is 4.14. The van der Waals surface area contributed by atoms with Crippen LogP contribution in [-0.4, -0.2) is 25.2 Å². The molecular weight excluding hydrogens is 220 g/mol. The molecule has 0 spiro atoms. The van der Waals surface area contributed by atoms with E-state index in [0.717, 1.165) is 29.8 Å². The summed E-state index contributed by atoms with van der Waals surface area (Å²) < 4.78 is 0. The van der Waals surface area contributed by atoms with Gasteiger partial charge < -0.3 is 10.6 Å². The van der Waals surface area contributed by atoms with Crippen LogP contribution in [0.15, 0.2) is 0 Å². The second kappa shape index (κ2) is 5.92. The Morgan fingerprint density at radius 3 is 2.67 bits per heavy atom. The molecule has 2 N–H and O–H groups in total. The third kappa shape index (κ3) is 3.08. The molecule has 1 heterocycles. The van der Waals surface area contributed by atoms with Crippen LogP contribution in [0.5, 0.6) is 0 Å². The number of rotatable bonds is 5. The number of nitrogens with one attached hydrogen (secondary N) is 2. The molecule has 2 saturated carbocycles. The van der Waals surface area contributed by atoms with Crippen LogP contribution in [0, 0.1) is 17.8 Å². The van der Waals surface area contributed by atoms with E-state index in [1.807, 2.05) is 0 Å². The van der Waals surface area contributed by atoms with Crippen molar-refractivity contribution in [2.24, 2.45) is 17.8 Å². The first-order valence-corrected chi connectivity index (χ1v) is 8.31. The van der Waals surface area contributed by atoms with Crippen molar-refractivity contribution < 1.29 is 0 Å². The summed E-state index contributed by atoms with van der Waals surface area (Å²) in [5.74, 6) is 2.87. The SMILES string of the molecule is CC(CNC1CCCC1C1CCCCN1)C1CC1. The minimum atomic E-state index is 0.807. The Morgan fingerprint density at radius 1 is 1.06 bits per heavy atom. The molecule has 3 fully saturated rings. The van der Waals surface area contributed by atoms with E-state index in [2.05, 4.69) is 17.6 Å². The molecule has 4 atom stereocenters. The van der Waals surface area contributed by atoms with E-state index in [0.29, 0.717) is 0 Å². The Hall–Kier alpha value is -0.0800. The average molecular weight is 250 g/mol. The van der Waals surface area contributed by atoms with Gasteiger partial charge in [0, 0.05) is 12.1 Å². The lowest BCUT2D eigenvalue weighted by atomic mass is 9.88. The van der Waals surface area contributed by atoms with Crippen molar-refractivity contribution in [3.05, 3.63) is 0 Å². The molecule has 2 heteroatoms. The van der Waals surface area contributed by atoms with E-state index in [4.69, 9.17) is 0 Å². The topological polar surface area (TPSA) is 24.1 Å². The van der Waals surface area contributed by atoms with Crippen molar-refractivity contribution >= 4 is 0 Å². The lowest BCUT2D eigenvalue weighted by molar-refractivity contribution is 0.250. The minimum absolute atomic E-state index is 0.807. The van der Waals surface area contributed by atoms with E-state index in [9.17, 15) is 0 Å². The highest BCUT2D eigenvalue weighted by Gasteiger charge is 2.35. The van der Waals surface area contributed by atoms with Gasteiger partial charge in [-0.3, -0.25) is 0 Å². The summed E-state index contributed by atoms with van der Waals surface area (Å²) >= 11 is 0. The van der Waals surface area contributed by atoms with Gasteiger partial charge in [-0.15, -0.1) is 0 Å². The first kappa shape index (κ1) is 12.9. The predicted molar refractivity (Wildman–Crippen MR) is 76.7 cm³/mol. The summed E-state index contributed by atoms with van der Waals surface area (Å²) in [6.07, 6.45) is 11.5. The molecule has 3 aliphatic rings. The Bertz CT molecular complexity index is 256. The molecule has 0 aromatic rings. The van der Waals surface area contributed by atoms with Gasteiger partial charge in [0.05, 0.1) is 0 Å². The van der Waals surface area contributed by atoms with Gasteiger partial charge in [0.15, 0.2) is 0 Å². The monoisotopic (exact) mass is 250 g/mol. The van der Waals surface area contributed by atoms with Crippen molar-refractivity contribution in [1.82, 2.24) is 10.6 Å². The first-order valence-electron chi connectivity index (χ1n) is 8.31.